The van der Waals surface area contributed by atoms with Crippen LogP contribution in [0.1, 0.15) is 18.1 Å². The standard InChI is InChI=1S/C38H27FN4/c1-24-7-3-6-10-35(24)40-25(2)28-12-13-31-23-33(16-14-30(31)21-28)38-42-36(27-17-19-34(39)20-18-27)41-37(43-38)32-15-11-26-8-4-5-9-29(26)22-32/h3-23H,1-2H3/b40-25+. The van der Waals surface area contributed by atoms with E-state index < -0.39 is 0 Å². The van der Waals surface area contributed by atoms with Crippen molar-refractivity contribution in [2.24, 2.45) is 4.99 Å². The zero-order chi connectivity index (χ0) is 29.3. The van der Waals surface area contributed by atoms with Gasteiger partial charge in [0.1, 0.15) is 5.82 Å². The summed E-state index contributed by atoms with van der Waals surface area (Å²) in [6.07, 6.45) is 0. The van der Waals surface area contributed by atoms with Crippen molar-refractivity contribution in [3.63, 3.8) is 0 Å². The Balaban J connectivity index is 1.31. The Kier molecular flexibility index (Phi) is 6.76. The molecule has 4 nitrogen and oxygen atoms in total. The summed E-state index contributed by atoms with van der Waals surface area (Å²) in [5, 5.41) is 4.42. The highest BCUT2D eigenvalue weighted by atomic mass is 19.1. The minimum absolute atomic E-state index is 0.305. The number of aliphatic imine (C=N–C) groups is 1. The summed E-state index contributed by atoms with van der Waals surface area (Å²) in [6.45, 7) is 4.11. The molecule has 206 valence electrons. The fraction of sp³-hybridized carbons (Fsp3) is 0.0526. The number of para-hydroxylation sites is 1. The predicted molar refractivity (Wildman–Crippen MR) is 174 cm³/mol. The number of hydrogen-bond acceptors (Lipinski definition) is 4. The van der Waals surface area contributed by atoms with Gasteiger partial charge in [0.05, 0.1) is 5.69 Å². The van der Waals surface area contributed by atoms with Gasteiger partial charge in [0.25, 0.3) is 0 Å². The molecule has 0 bridgehead atoms. The van der Waals surface area contributed by atoms with E-state index in [1.165, 1.54) is 12.1 Å². The highest BCUT2D eigenvalue weighted by molar-refractivity contribution is 6.03. The maximum absolute atomic E-state index is 13.7. The average molecular weight is 559 g/mol. The number of nitrogens with zero attached hydrogens (tertiary/aromatic N) is 4. The second kappa shape index (κ2) is 11.0. The number of benzene rings is 6. The van der Waals surface area contributed by atoms with E-state index in [0.29, 0.717) is 17.5 Å². The maximum atomic E-state index is 13.7. The molecule has 0 saturated heterocycles. The first-order valence-corrected chi connectivity index (χ1v) is 14.2. The van der Waals surface area contributed by atoms with Crippen LogP contribution in [0.2, 0.25) is 0 Å². The van der Waals surface area contributed by atoms with Crippen molar-refractivity contribution in [1.82, 2.24) is 15.0 Å². The minimum atomic E-state index is -0.305. The van der Waals surface area contributed by atoms with Gasteiger partial charge in [0, 0.05) is 22.4 Å². The van der Waals surface area contributed by atoms with Crippen LogP contribution in [0, 0.1) is 12.7 Å². The van der Waals surface area contributed by atoms with E-state index in [4.69, 9.17) is 19.9 Å². The van der Waals surface area contributed by atoms with Crippen molar-refractivity contribution in [1.29, 1.82) is 0 Å². The number of aryl methyl sites for hydroxylation is 1. The molecule has 1 aromatic heterocycles. The van der Waals surface area contributed by atoms with Crippen LogP contribution in [0.3, 0.4) is 0 Å². The number of fused-ring (bicyclic) bond motifs is 2. The third kappa shape index (κ3) is 5.41. The third-order valence-electron chi connectivity index (χ3n) is 7.67. The Morgan fingerprint density at radius 3 is 1.74 bits per heavy atom. The number of hydrogen-bond donors (Lipinski definition) is 0. The normalized spacial score (nSPS) is 11.7. The topological polar surface area (TPSA) is 51.0 Å². The molecule has 0 N–H and O–H groups in total. The van der Waals surface area contributed by atoms with E-state index in [1.54, 1.807) is 12.1 Å². The van der Waals surface area contributed by atoms with Gasteiger partial charge in [-0.25, -0.2) is 19.3 Å². The summed E-state index contributed by atoms with van der Waals surface area (Å²) in [7, 11) is 0. The van der Waals surface area contributed by atoms with Crippen LogP contribution in [0.4, 0.5) is 10.1 Å². The molecule has 0 aliphatic rings. The molecular weight excluding hydrogens is 531 g/mol. The first-order valence-electron chi connectivity index (χ1n) is 14.2. The van der Waals surface area contributed by atoms with E-state index in [0.717, 1.165) is 60.8 Å². The van der Waals surface area contributed by atoms with Crippen LogP contribution in [0.25, 0.3) is 55.7 Å². The van der Waals surface area contributed by atoms with E-state index >= 15 is 0 Å². The van der Waals surface area contributed by atoms with Gasteiger partial charge in [-0.15, -0.1) is 0 Å². The Morgan fingerprint density at radius 1 is 0.535 bits per heavy atom. The molecule has 7 aromatic rings. The Labute approximate surface area is 249 Å². The quantitative estimate of drug-likeness (QED) is 0.198. The average Bonchev–Trinajstić information content (AvgIpc) is 3.05. The fourth-order valence-corrected chi connectivity index (χ4v) is 5.23. The smallest absolute Gasteiger partial charge is 0.164 e. The lowest BCUT2D eigenvalue weighted by atomic mass is 10.0. The van der Waals surface area contributed by atoms with Gasteiger partial charge in [-0.1, -0.05) is 78.9 Å². The molecular formula is C38H27FN4. The zero-order valence-corrected chi connectivity index (χ0v) is 23.8. The highest BCUT2D eigenvalue weighted by Gasteiger charge is 2.14. The van der Waals surface area contributed by atoms with Crippen LogP contribution >= 0.6 is 0 Å². The number of rotatable bonds is 5. The van der Waals surface area contributed by atoms with E-state index in [9.17, 15) is 4.39 Å². The van der Waals surface area contributed by atoms with Gasteiger partial charge in [-0.3, -0.25) is 4.99 Å². The van der Waals surface area contributed by atoms with E-state index in [2.05, 4.69) is 67.6 Å². The van der Waals surface area contributed by atoms with Crippen molar-refractivity contribution in [2.45, 2.75) is 13.8 Å². The van der Waals surface area contributed by atoms with Crippen LogP contribution in [-0.2, 0) is 0 Å². The van der Waals surface area contributed by atoms with Crippen molar-refractivity contribution < 1.29 is 4.39 Å². The van der Waals surface area contributed by atoms with Gasteiger partial charge >= 0.3 is 0 Å². The molecule has 0 saturated carbocycles. The van der Waals surface area contributed by atoms with Crippen molar-refractivity contribution >= 4 is 32.9 Å². The van der Waals surface area contributed by atoms with Crippen LogP contribution in [0.15, 0.2) is 132 Å². The lowest BCUT2D eigenvalue weighted by Crippen LogP contribution is -2.00. The Morgan fingerprint density at radius 2 is 1.05 bits per heavy atom. The second-order valence-electron chi connectivity index (χ2n) is 10.6. The molecule has 0 aliphatic carbocycles. The molecule has 0 amide bonds. The maximum Gasteiger partial charge on any atom is 0.164 e. The summed E-state index contributed by atoms with van der Waals surface area (Å²) in [6, 6.07) is 41.4. The van der Waals surface area contributed by atoms with Crippen molar-refractivity contribution in [2.75, 3.05) is 0 Å². The lowest BCUT2D eigenvalue weighted by Gasteiger charge is -2.10. The first kappa shape index (κ1) is 26.4. The molecule has 5 heteroatoms. The molecule has 0 fully saturated rings. The Bertz CT molecular complexity index is 2170. The highest BCUT2D eigenvalue weighted by Crippen LogP contribution is 2.29. The Hall–Kier alpha value is -5.55. The molecule has 0 aliphatic heterocycles. The summed E-state index contributed by atoms with van der Waals surface area (Å²) in [5.74, 6) is 1.31. The number of halogens is 1. The molecule has 1 heterocycles. The van der Waals surface area contributed by atoms with Crippen molar-refractivity contribution in [3.05, 3.63) is 144 Å². The van der Waals surface area contributed by atoms with Gasteiger partial charge in [-0.05, 0) is 95.1 Å². The third-order valence-corrected chi connectivity index (χ3v) is 7.67. The fourth-order valence-electron chi connectivity index (χ4n) is 5.23. The van der Waals surface area contributed by atoms with E-state index in [-0.39, 0.29) is 5.82 Å². The molecule has 0 atom stereocenters. The molecule has 43 heavy (non-hydrogen) atoms. The predicted octanol–water partition coefficient (Wildman–Crippen LogP) is 9.77. The van der Waals surface area contributed by atoms with Gasteiger partial charge < -0.3 is 0 Å². The largest absolute Gasteiger partial charge is 0.253 e. The monoisotopic (exact) mass is 558 g/mol. The summed E-state index contributed by atoms with van der Waals surface area (Å²) >= 11 is 0. The summed E-state index contributed by atoms with van der Waals surface area (Å²) < 4.78 is 13.7. The first-order chi connectivity index (χ1) is 21.0. The van der Waals surface area contributed by atoms with Crippen molar-refractivity contribution in [3.8, 4) is 34.2 Å². The molecule has 0 spiro atoms. The van der Waals surface area contributed by atoms with Gasteiger partial charge in [-0.2, -0.15) is 0 Å². The molecule has 6 aromatic carbocycles. The SMILES string of the molecule is C/C(=N\c1ccccc1C)c1ccc2cc(-c3nc(-c4ccc(F)cc4)nc(-c4ccc5ccccc5c4)n3)ccc2c1. The second-order valence-corrected chi connectivity index (χ2v) is 10.6. The lowest BCUT2D eigenvalue weighted by molar-refractivity contribution is 0.628. The van der Waals surface area contributed by atoms with E-state index in [1.807, 2.05) is 49.4 Å². The minimum Gasteiger partial charge on any atom is -0.253 e. The molecule has 7 rings (SSSR count). The van der Waals surface area contributed by atoms with Gasteiger partial charge in [0.15, 0.2) is 17.5 Å². The molecule has 0 radical (unpaired) electrons. The molecule has 0 unspecified atom stereocenters. The van der Waals surface area contributed by atoms with Crippen LogP contribution in [0.5, 0.6) is 0 Å². The van der Waals surface area contributed by atoms with Crippen LogP contribution in [-0.4, -0.2) is 20.7 Å². The van der Waals surface area contributed by atoms with Gasteiger partial charge in [0.2, 0.25) is 0 Å². The summed E-state index contributed by atoms with van der Waals surface area (Å²) in [4.78, 5) is 19.4. The number of aromatic nitrogens is 3. The summed E-state index contributed by atoms with van der Waals surface area (Å²) in [5.41, 5.74) is 6.64. The van der Waals surface area contributed by atoms with Crippen LogP contribution < -0.4 is 0 Å². The zero-order valence-electron chi connectivity index (χ0n) is 23.8.